The van der Waals surface area contributed by atoms with Crippen molar-refractivity contribution in [1.82, 2.24) is 0 Å². The molecule has 0 aliphatic heterocycles. The van der Waals surface area contributed by atoms with E-state index in [1.807, 2.05) is 11.3 Å². The maximum absolute atomic E-state index is 5.80. The third-order valence-electron chi connectivity index (χ3n) is 2.42. The molecule has 2 rings (SSSR count). The van der Waals surface area contributed by atoms with E-state index in [1.54, 1.807) is 0 Å². The van der Waals surface area contributed by atoms with Gasteiger partial charge in [-0.2, -0.15) is 0 Å². The summed E-state index contributed by atoms with van der Waals surface area (Å²) in [4.78, 5) is 1.52. The van der Waals surface area contributed by atoms with Crippen LogP contribution in [0.3, 0.4) is 0 Å². The fourth-order valence-corrected chi connectivity index (χ4v) is 2.54. The van der Waals surface area contributed by atoms with Crippen molar-refractivity contribution in [3.05, 3.63) is 22.4 Å². The Hall–Kier alpha value is -0.340. The van der Waals surface area contributed by atoms with Crippen LogP contribution in [0.15, 0.2) is 17.5 Å². The number of rotatable bonds is 2. The summed E-state index contributed by atoms with van der Waals surface area (Å²) >= 11 is 1.86. The average molecular weight is 167 g/mol. The van der Waals surface area contributed by atoms with E-state index in [2.05, 4.69) is 24.4 Å². The van der Waals surface area contributed by atoms with Gasteiger partial charge in [-0.25, -0.2) is 0 Å². The predicted molar refractivity (Wildman–Crippen MR) is 48.8 cm³/mol. The van der Waals surface area contributed by atoms with Crippen molar-refractivity contribution < 1.29 is 0 Å². The van der Waals surface area contributed by atoms with E-state index < -0.39 is 0 Å². The van der Waals surface area contributed by atoms with Crippen molar-refractivity contribution in [1.29, 1.82) is 0 Å². The van der Waals surface area contributed by atoms with E-state index in [9.17, 15) is 0 Å². The molecular formula is C9H13NS. The van der Waals surface area contributed by atoms with Gasteiger partial charge in [-0.05, 0) is 36.6 Å². The molecule has 11 heavy (non-hydrogen) atoms. The van der Waals surface area contributed by atoms with Crippen LogP contribution in [0.25, 0.3) is 0 Å². The number of hydrogen-bond acceptors (Lipinski definition) is 2. The van der Waals surface area contributed by atoms with Gasteiger partial charge in [0.2, 0.25) is 0 Å². The normalized spacial score (nSPS) is 31.8. The van der Waals surface area contributed by atoms with Gasteiger partial charge in [0.25, 0.3) is 0 Å². The van der Waals surface area contributed by atoms with Crippen molar-refractivity contribution in [2.45, 2.75) is 25.3 Å². The Labute approximate surface area is 71.2 Å². The lowest BCUT2D eigenvalue weighted by Crippen LogP contribution is -2.17. The van der Waals surface area contributed by atoms with Gasteiger partial charge >= 0.3 is 0 Å². The zero-order valence-corrected chi connectivity index (χ0v) is 7.47. The molecule has 0 spiro atoms. The van der Waals surface area contributed by atoms with Crippen molar-refractivity contribution in [2.24, 2.45) is 11.7 Å². The van der Waals surface area contributed by atoms with Crippen LogP contribution < -0.4 is 5.73 Å². The first-order chi connectivity index (χ1) is 5.29. The molecule has 0 saturated heterocycles. The third kappa shape index (κ3) is 1.33. The minimum atomic E-state index is 0.377. The van der Waals surface area contributed by atoms with Crippen LogP contribution in [-0.2, 0) is 0 Å². The highest BCUT2D eigenvalue weighted by Crippen LogP contribution is 2.50. The van der Waals surface area contributed by atoms with Crippen LogP contribution in [0.4, 0.5) is 0 Å². The lowest BCUT2D eigenvalue weighted by Gasteiger charge is -2.00. The maximum atomic E-state index is 5.80. The Morgan fingerprint density at radius 3 is 3.00 bits per heavy atom. The highest BCUT2D eigenvalue weighted by molar-refractivity contribution is 7.10. The number of thiophene rings is 1. The van der Waals surface area contributed by atoms with Gasteiger partial charge in [0.15, 0.2) is 0 Å². The van der Waals surface area contributed by atoms with Gasteiger partial charge in [-0.1, -0.05) is 6.07 Å². The second kappa shape index (κ2) is 2.61. The summed E-state index contributed by atoms with van der Waals surface area (Å²) in [6.07, 6.45) is 1.30. The second-order valence-electron chi connectivity index (χ2n) is 3.38. The van der Waals surface area contributed by atoms with E-state index in [0.717, 1.165) is 11.8 Å². The molecule has 1 aliphatic carbocycles. The van der Waals surface area contributed by atoms with Crippen molar-refractivity contribution in [3.63, 3.8) is 0 Å². The summed E-state index contributed by atoms with van der Waals surface area (Å²) in [6.45, 7) is 2.11. The highest BCUT2D eigenvalue weighted by Gasteiger charge is 2.41. The maximum Gasteiger partial charge on any atom is 0.00796 e. The minimum Gasteiger partial charge on any atom is -0.328 e. The van der Waals surface area contributed by atoms with Gasteiger partial charge in [-0.15, -0.1) is 11.3 Å². The van der Waals surface area contributed by atoms with Crippen LogP contribution >= 0.6 is 11.3 Å². The molecule has 1 aromatic rings. The van der Waals surface area contributed by atoms with E-state index in [-0.39, 0.29) is 0 Å². The molecule has 0 radical (unpaired) electrons. The van der Waals surface area contributed by atoms with E-state index >= 15 is 0 Å². The van der Waals surface area contributed by atoms with E-state index in [0.29, 0.717) is 6.04 Å². The lowest BCUT2D eigenvalue weighted by molar-refractivity contribution is 0.633. The quantitative estimate of drug-likeness (QED) is 0.718. The molecular weight excluding hydrogens is 154 g/mol. The summed E-state index contributed by atoms with van der Waals surface area (Å²) in [6, 6.07) is 4.72. The summed E-state index contributed by atoms with van der Waals surface area (Å²) in [7, 11) is 0. The van der Waals surface area contributed by atoms with E-state index in [4.69, 9.17) is 5.73 Å². The molecule has 1 nitrogen and oxygen atoms in total. The molecule has 3 unspecified atom stereocenters. The Morgan fingerprint density at radius 1 is 1.73 bits per heavy atom. The zero-order valence-electron chi connectivity index (χ0n) is 6.66. The molecule has 60 valence electrons. The van der Waals surface area contributed by atoms with Gasteiger partial charge in [0, 0.05) is 10.9 Å². The van der Waals surface area contributed by atoms with Gasteiger partial charge in [0.1, 0.15) is 0 Å². The number of nitrogens with two attached hydrogens (primary N) is 1. The summed E-state index contributed by atoms with van der Waals surface area (Å²) in [5, 5.41) is 2.14. The fourth-order valence-electron chi connectivity index (χ4n) is 1.63. The summed E-state index contributed by atoms with van der Waals surface area (Å²) in [5.74, 6) is 1.55. The van der Waals surface area contributed by atoms with Crippen molar-refractivity contribution >= 4 is 11.3 Å². The smallest absolute Gasteiger partial charge is 0.00796 e. The topological polar surface area (TPSA) is 26.0 Å². The Bertz CT molecular complexity index is 228. The molecule has 1 saturated carbocycles. The Balaban J connectivity index is 2.02. The van der Waals surface area contributed by atoms with E-state index in [1.165, 1.54) is 11.3 Å². The average Bonchev–Trinajstić information content (AvgIpc) is 2.60. The first kappa shape index (κ1) is 7.32. The SMILES string of the molecule is CC(N)C1CC1c1cccs1. The Morgan fingerprint density at radius 2 is 2.55 bits per heavy atom. The molecule has 3 atom stereocenters. The first-order valence-corrected chi connectivity index (χ1v) is 4.96. The summed E-state index contributed by atoms with van der Waals surface area (Å²) in [5.41, 5.74) is 5.80. The molecule has 2 heteroatoms. The van der Waals surface area contributed by atoms with Crippen LogP contribution in [0, 0.1) is 5.92 Å². The fraction of sp³-hybridized carbons (Fsp3) is 0.556. The molecule has 1 heterocycles. The molecule has 0 aromatic carbocycles. The largest absolute Gasteiger partial charge is 0.328 e. The van der Waals surface area contributed by atoms with Crippen molar-refractivity contribution in [3.8, 4) is 0 Å². The first-order valence-electron chi connectivity index (χ1n) is 4.08. The molecule has 1 aromatic heterocycles. The second-order valence-corrected chi connectivity index (χ2v) is 4.36. The lowest BCUT2D eigenvalue weighted by atomic mass is 10.2. The molecule has 2 N–H and O–H groups in total. The van der Waals surface area contributed by atoms with Crippen LogP contribution in [0.2, 0.25) is 0 Å². The van der Waals surface area contributed by atoms with Gasteiger partial charge < -0.3 is 5.73 Å². The van der Waals surface area contributed by atoms with Crippen LogP contribution in [-0.4, -0.2) is 6.04 Å². The molecule has 0 amide bonds. The van der Waals surface area contributed by atoms with Crippen LogP contribution in [0.1, 0.15) is 24.1 Å². The Kier molecular flexibility index (Phi) is 1.74. The van der Waals surface area contributed by atoms with Crippen LogP contribution in [0.5, 0.6) is 0 Å². The van der Waals surface area contributed by atoms with Crippen molar-refractivity contribution in [2.75, 3.05) is 0 Å². The molecule has 0 bridgehead atoms. The van der Waals surface area contributed by atoms with Gasteiger partial charge in [0.05, 0.1) is 0 Å². The van der Waals surface area contributed by atoms with Gasteiger partial charge in [-0.3, -0.25) is 0 Å². The summed E-state index contributed by atoms with van der Waals surface area (Å²) < 4.78 is 0. The highest BCUT2D eigenvalue weighted by atomic mass is 32.1. The third-order valence-corrected chi connectivity index (χ3v) is 3.43. The molecule has 1 aliphatic rings. The monoisotopic (exact) mass is 167 g/mol. The number of hydrogen-bond donors (Lipinski definition) is 1. The predicted octanol–water partition coefficient (Wildman–Crippen LogP) is 2.20. The minimum absolute atomic E-state index is 0.377. The standard InChI is InChI=1S/C9H13NS/c1-6(10)7-5-8(7)9-3-2-4-11-9/h2-4,6-8H,5,10H2,1H3. The zero-order chi connectivity index (χ0) is 7.84. The molecule has 1 fully saturated rings.